The maximum Gasteiger partial charge on any atom is 0.254 e. The van der Waals surface area contributed by atoms with Crippen molar-refractivity contribution in [1.29, 1.82) is 0 Å². The van der Waals surface area contributed by atoms with Crippen LogP contribution in [-0.2, 0) is 20.9 Å². The van der Waals surface area contributed by atoms with E-state index in [0.29, 0.717) is 12.1 Å². The Kier molecular flexibility index (Phi) is 4.32. The fourth-order valence-electron chi connectivity index (χ4n) is 1.96. The van der Waals surface area contributed by atoms with Crippen LogP contribution in [0.3, 0.4) is 0 Å². The fraction of sp³-hybridized carbons (Fsp3) is 0.286. The zero-order chi connectivity index (χ0) is 15.4. The lowest BCUT2D eigenvalue weighted by Crippen LogP contribution is -2.53. The summed E-state index contributed by atoms with van der Waals surface area (Å²) in [6.07, 6.45) is 0. The third-order valence-corrected chi connectivity index (χ3v) is 2.98. The van der Waals surface area contributed by atoms with Crippen molar-refractivity contribution in [2.45, 2.75) is 13.5 Å². The van der Waals surface area contributed by atoms with Gasteiger partial charge in [0.15, 0.2) is 0 Å². The van der Waals surface area contributed by atoms with Crippen LogP contribution in [-0.4, -0.2) is 41.6 Å². The maximum atomic E-state index is 12.2. The molecule has 1 aliphatic heterocycles. The summed E-state index contributed by atoms with van der Waals surface area (Å²) in [5.74, 6) is -1.47. The molecule has 4 amide bonds. The molecule has 1 aliphatic rings. The molecular weight excluding hydrogens is 274 g/mol. The van der Waals surface area contributed by atoms with Crippen LogP contribution >= 0.6 is 0 Å². The van der Waals surface area contributed by atoms with Crippen molar-refractivity contribution in [3.05, 3.63) is 35.4 Å². The van der Waals surface area contributed by atoms with E-state index in [1.54, 1.807) is 24.3 Å². The molecule has 1 heterocycles. The summed E-state index contributed by atoms with van der Waals surface area (Å²) in [5.41, 5.74) is 1.25. The molecule has 2 rings (SSSR count). The first-order chi connectivity index (χ1) is 9.95. The van der Waals surface area contributed by atoms with Crippen LogP contribution in [0.15, 0.2) is 24.3 Å². The van der Waals surface area contributed by atoms with E-state index in [2.05, 4.69) is 10.6 Å². The minimum absolute atomic E-state index is 0.127. The zero-order valence-electron chi connectivity index (χ0n) is 11.5. The molecule has 0 bridgehead atoms. The topological polar surface area (TPSA) is 95.6 Å². The first-order valence-corrected chi connectivity index (χ1v) is 6.41. The molecule has 110 valence electrons. The van der Waals surface area contributed by atoms with E-state index in [0.717, 1.165) is 5.56 Å². The van der Waals surface area contributed by atoms with E-state index in [4.69, 9.17) is 0 Å². The average molecular weight is 289 g/mol. The Bertz CT molecular complexity index is 579. The van der Waals surface area contributed by atoms with Crippen LogP contribution in [0.5, 0.6) is 0 Å². The lowest BCUT2D eigenvalue weighted by Gasteiger charge is -2.25. The van der Waals surface area contributed by atoms with E-state index < -0.39 is 11.8 Å². The molecule has 0 unspecified atom stereocenters. The predicted octanol–water partition coefficient (Wildman–Crippen LogP) is -0.579. The highest BCUT2D eigenvalue weighted by molar-refractivity contribution is 6.05. The number of carbonyl (C=O) groups excluding carboxylic acids is 4. The molecule has 21 heavy (non-hydrogen) atoms. The molecule has 0 radical (unpaired) electrons. The Hall–Kier alpha value is -2.70. The number of hydrogen-bond donors (Lipinski definition) is 2. The first-order valence-electron chi connectivity index (χ1n) is 6.41. The summed E-state index contributed by atoms with van der Waals surface area (Å²) in [6.45, 7) is 1.56. The van der Waals surface area contributed by atoms with Crippen molar-refractivity contribution < 1.29 is 19.2 Å². The number of benzene rings is 1. The molecule has 1 aromatic rings. The molecule has 1 fully saturated rings. The molecule has 0 saturated carbocycles. The highest BCUT2D eigenvalue weighted by Gasteiger charge is 2.26. The molecule has 0 spiro atoms. The van der Waals surface area contributed by atoms with Crippen molar-refractivity contribution in [2.24, 2.45) is 0 Å². The highest BCUT2D eigenvalue weighted by atomic mass is 16.2. The minimum atomic E-state index is -0.484. The van der Waals surface area contributed by atoms with E-state index in [-0.39, 0.29) is 24.9 Å². The summed E-state index contributed by atoms with van der Waals surface area (Å²) in [7, 11) is 0. The first kappa shape index (κ1) is 14.7. The normalized spacial score (nSPS) is 14.6. The van der Waals surface area contributed by atoms with Gasteiger partial charge in [-0.2, -0.15) is 0 Å². The third-order valence-electron chi connectivity index (χ3n) is 2.98. The van der Waals surface area contributed by atoms with Gasteiger partial charge in [-0.3, -0.25) is 24.5 Å². The molecule has 7 heteroatoms. The molecule has 1 saturated heterocycles. The molecular formula is C14H15N3O4. The van der Waals surface area contributed by atoms with Crippen LogP contribution in [0.4, 0.5) is 0 Å². The van der Waals surface area contributed by atoms with Crippen molar-refractivity contribution >= 4 is 23.6 Å². The van der Waals surface area contributed by atoms with Gasteiger partial charge in [-0.1, -0.05) is 12.1 Å². The Morgan fingerprint density at radius 1 is 1.14 bits per heavy atom. The number of amides is 4. The lowest BCUT2D eigenvalue weighted by molar-refractivity contribution is -0.135. The average Bonchev–Trinajstić information content (AvgIpc) is 2.44. The van der Waals surface area contributed by atoms with Crippen molar-refractivity contribution in [2.75, 3.05) is 13.1 Å². The number of rotatable bonds is 3. The third kappa shape index (κ3) is 3.88. The second kappa shape index (κ2) is 6.17. The van der Waals surface area contributed by atoms with E-state index in [1.165, 1.54) is 11.8 Å². The van der Waals surface area contributed by atoms with Crippen LogP contribution in [0.1, 0.15) is 22.8 Å². The van der Waals surface area contributed by atoms with Crippen molar-refractivity contribution in [1.82, 2.24) is 15.5 Å². The Morgan fingerprint density at radius 2 is 1.71 bits per heavy atom. The molecule has 1 aromatic carbocycles. The van der Waals surface area contributed by atoms with Crippen molar-refractivity contribution in [3.63, 3.8) is 0 Å². The van der Waals surface area contributed by atoms with Gasteiger partial charge in [0.2, 0.25) is 17.7 Å². The largest absolute Gasteiger partial charge is 0.352 e. The monoisotopic (exact) mass is 289 g/mol. The summed E-state index contributed by atoms with van der Waals surface area (Å²) >= 11 is 0. The fourth-order valence-corrected chi connectivity index (χ4v) is 1.96. The molecule has 0 atom stereocenters. The Labute approximate surface area is 121 Å². The Morgan fingerprint density at radius 3 is 2.24 bits per heavy atom. The van der Waals surface area contributed by atoms with Crippen LogP contribution in [0.25, 0.3) is 0 Å². The summed E-state index contributed by atoms with van der Waals surface area (Å²) in [4.78, 5) is 46.7. The number of piperazine rings is 1. The summed E-state index contributed by atoms with van der Waals surface area (Å²) < 4.78 is 0. The number of imide groups is 1. The zero-order valence-corrected chi connectivity index (χ0v) is 11.5. The molecule has 2 N–H and O–H groups in total. The number of hydrogen-bond acceptors (Lipinski definition) is 4. The van der Waals surface area contributed by atoms with E-state index >= 15 is 0 Å². The van der Waals surface area contributed by atoms with Crippen molar-refractivity contribution in [3.8, 4) is 0 Å². The number of carbonyl (C=O) groups is 4. The Balaban J connectivity index is 2.04. The quantitative estimate of drug-likeness (QED) is 0.728. The minimum Gasteiger partial charge on any atom is -0.352 e. The highest BCUT2D eigenvalue weighted by Crippen LogP contribution is 2.09. The SMILES string of the molecule is CC(=O)NCc1ccc(C(=O)N2CC(=O)NC(=O)C2)cc1. The lowest BCUT2D eigenvalue weighted by atomic mass is 10.1. The van der Waals surface area contributed by atoms with Crippen LogP contribution in [0.2, 0.25) is 0 Å². The van der Waals surface area contributed by atoms with Gasteiger partial charge < -0.3 is 10.2 Å². The van der Waals surface area contributed by atoms with Gasteiger partial charge in [0.1, 0.15) is 13.1 Å². The predicted molar refractivity (Wildman–Crippen MR) is 73.0 cm³/mol. The van der Waals surface area contributed by atoms with Gasteiger partial charge in [0, 0.05) is 19.0 Å². The van der Waals surface area contributed by atoms with E-state index in [1.807, 2.05) is 0 Å². The molecule has 0 aromatic heterocycles. The summed E-state index contributed by atoms with van der Waals surface area (Å²) in [6, 6.07) is 6.65. The second-order valence-electron chi connectivity index (χ2n) is 4.74. The standard InChI is InChI=1S/C14H15N3O4/c1-9(18)15-6-10-2-4-11(5-3-10)14(21)17-7-12(19)16-13(20)8-17/h2-5H,6-8H2,1H3,(H,15,18)(H,16,19,20). The van der Waals surface area contributed by atoms with Gasteiger partial charge in [-0.15, -0.1) is 0 Å². The number of nitrogens with zero attached hydrogens (tertiary/aromatic N) is 1. The van der Waals surface area contributed by atoms with Gasteiger partial charge in [-0.25, -0.2) is 0 Å². The smallest absolute Gasteiger partial charge is 0.254 e. The molecule has 0 aliphatic carbocycles. The van der Waals surface area contributed by atoms with E-state index in [9.17, 15) is 19.2 Å². The second-order valence-corrected chi connectivity index (χ2v) is 4.74. The maximum absolute atomic E-state index is 12.2. The van der Waals surface area contributed by atoms with Gasteiger partial charge in [0.05, 0.1) is 0 Å². The van der Waals surface area contributed by atoms with Gasteiger partial charge >= 0.3 is 0 Å². The van der Waals surface area contributed by atoms with Crippen LogP contribution < -0.4 is 10.6 Å². The van der Waals surface area contributed by atoms with Gasteiger partial charge in [-0.05, 0) is 17.7 Å². The molecule has 7 nitrogen and oxygen atoms in total. The summed E-state index contributed by atoms with van der Waals surface area (Å²) in [5, 5.41) is 4.79. The van der Waals surface area contributed by atoms with Crippen LogP contribution in [0, 0.1) is 0 Å². The number of nitrogens with one attached hydrogen (secondary N) is 2. The van der Waals surface area contributed by atoms with Gasteiger partial charge in [0.25, 0.3) is 5.91 Å².